The topological polar surface area (TPSA) is 100 Å². The van der Waals surface area contributed by atoms with E-state index in [1.165, 1.54) is 17.2 Å². The Kier molecular flexibility index (Phi) is 3.59. The summed E-state index contributed by atoms with van der Waals surface area (Å²) >= 11 is 0. The summed E-state index contributed by atoms with van der Waals surface area (Å²) in [6.45, 7) is 0.0326. The lowest BCUT2D eigenvalue weighted by Crippen LogP contribution is -2.26. The van der Waals surface area contributed by atoms with E-state index < -0.39 is 0 Å². The average Bonchev–Trinajstić information content (AvgIpc) is 2.29. The molecule has 0 spiro atoms. The molecule has 0 atom stereocenters. The van der Waals surface area contributed by atoms with Crippen molar-refractivity contribution in [2.75, 3.05) is 18.0 Å². The van der Waals surface area contributed by atoms with Gasteiger partial charge in [-0.05, 0) is 6.07 Å². The van der Waals surface area contributed by atoms with E-state index in [4.69, 9.17) is 15.8 Å². The van der Waals surface area contributed by atoms with Gasteiger partial charge in [0.15, 0.2) is 0 Å². The van der Waals surface area contributed by atoms with Crippen LogP contribution in [0.5, 0.6) is 0 Å². The van der Waals surface area contributed by atoms with E-state index in [0.717, 1.165) is 0 Å². The highest BCUT2D eigenvalue weighted by atomic mass is 15.2. The SMILES string of the molecule is N#CCN(CC#N)c1nccc(C#N)n1. The molecular weight excluding hydrogens is 192 g/mol. The molecule has 0 radical (unpaired) electrons. The highest BCUT2D eigenvalue weighted by Crippen LogP contribution is 2.05. The molecule has 1 rings (SSSR count). The van der Waals surface area contributed by atoms with E-state index in [2.05, 4.69) is 9.97 Å². The third-order valence-corrected chi connectivity index (χ3v) is 1.56. The van der Waals surface area contributed by atoms with Crippen LogP contribution in [0, 0.1) is 34.0 Å². The molecule has 6 nitrogen and oxygen atoms in total. The predicted octanol–water partition coefficient (Wildman–Crippen LogP) is 0.202. The van der Waals surface area contributed by atoms with Crippen LogP contribution in [0.1, 0.15) is 5.69 Å². The maximum Gasteiger partial charge on any atom is 0.228 e. The van der Waals surface area contributed by atoms with Gasteiger partial charge >= 0.3 is 0 Å². The van der Waals surface area contributed by atoms with Crippen molar-refractivity contribution in [2.24, 2.45) is 0 Å². The van der Waals surface area contributed by atoms with Gasteiger partial charge in [0.25, 0.3) is 0 Å². The van der Waals surface area contributed by atoms with E-state index in [9.17, 15) is 0 Å². The number of hydrogen-bond donors (Lipinski definition) is 0. The minimum absolute atomic E-state index is 0.0163. The number of anilines is 1. The minimum atomic E-state index is 0.0163. The van der Waals surface area contributed by atoms with Crippen molar-refractivity contribution < 1.29 is 0 Å². The minimum Gasteiger partial charge on any atom is -0.314 e. The monoisotopic (exact) mass is 198 g/mol. The van der Waals surface area contributed by atoms with Gasteiger partial charge in [-0.25, -0.2) is 9.97 Å². The van der Waals surface area contributed by atoms with Gasteiger partial charge in [-0.3, -0.25) is 0 Å². The molecule has 0 saturated carbocycles. The maximum absolute atomic E-state index is 8.61. The maximum atomic E-state index is 8.61. The molecule has 0 N–H and O–H groups in total. The van der Waals surface area contributed by atoms with Crippen LogP contribution in [0.4, 0.5) is 5.95 Å². The van der Waals surface area contributed by atoms with Crippen molar-refractivity contribution >= 4 is 5.95 Å². The molecule has 0 aromatic carbocycles. The van der Waals surface area contributed by atoms with E-state index >= 15 is 0 Å². The molecule has 0 aliphatic heterocycles. The van der Waals surface area contributed by atoms with Gasteiger partial charge in [0.2, 0.25) is 5.95 Å². The Balaban J connectivity index is 2.97. The fourth-order valence-corrected chi connectivity index (χ4v) is 0.931. The fraction of sp³-hybridized carbons (Fsp3) is 0.222. The molecule has 0 saturated heterocycles. The lowest BCUT2D eigenvalue weighted by molar-refractivity contribution is 0.894. The molecule has 0 amide bonds. The van der Waals surface area contributed by atoms with Crippen LogP contribution in [-0.2, 0) is 0 Å². The van der Waals surface area contributed by atoms with Crippen LogP contribution in [-0.4, -0.2) is 23.1 Å². The molecule has 0 bridgehead atoms. The summed E-state index contributed by atoms with van der Waals surface area (Å²) < 4.78 is 0. The Morgan fingerprint density at radius 2 is 1.87 bits per heavy atom. The number of aromatic nitrogens is 2. The van der Waals surface area contributed by atoms with E-state index in [1.54, 1.807) is 0 Å². The zero-order valence-corrected chi connectivity index (χ0v) is 7.75. The first kappa shape index (κ1) is 10.4. The fourth-order valence-electron chi connectivity index (χ4n) is 0.931. The highest BCUT2D eigenvalue weighted by Gasteiger charge is 2.08. The zero-order chi connectivity index (χ0) is 11.1. The van der Waals surface area contributed by atoms with Crippen molar-refractivity contribution in [3.05, 3.63) is 18.0 Å². The largest absolute Gasteiger partial charge is 0.314 e. The van der Waals surface area contributed by atoms with Crippen molar-refractivity contribution in [3.8, 4) is 18.2 Å². The summed E-state index contributed by atoms with van der Waals surface area (Å²) in [5.74, 6) is 0.220. The van der Waals surface area contributed by atoms with E-state index in [-0.39, 0.29) is 24.7 Å². The van der Waals surface area contributed by atoms with Gasteiger partial charge in [-0.1, -0.05) is 0 Å². The van der Waals surface area contributed by atoms with Gasteiger partial charge in [0.1, 0.15) is 24.9 Å². The van der Waals surface area contributed by atoms with Crippen molar-refractivity contribution in [3.63, 3.8) is 0 Å². The van der Waals surface area contributed by atoms with Crippen LogP contribution in [0.2, 0.25) is 0 Å². The second-order valence-electron chi connectivity index (χ2n) is 2.53. The van der Waals surface area contributed by atoms with Crippen molar-refractivity contribution in [1.29, 1.82) is 15.8 Å². The van der Waals surface area contributed by atoms with Crippen molar-refractivity contribution in [2.45, 2.75) is 0 Å². The van der Waals surface area contributed by atoms with Crippen LogP contribution >= 0.6 is 0 Å². The second-order valence-corrected chi connectivity index (χ2v) is 2.53. The number of rotatable bonds is 3. The molecule has 1 heterocycles. The Morgan fingerprint density at radius 1 is 1.20 bits per heavy atom. The Morgan fingerprint density at radius 3 is 2.40 bits per heavy atom. The average molecular weight is 198 g/mol. The van der Waals surface area contributed by atoms with Crippen LogP contribution in [0.25, 0.3) is 0 Å². The molecule has 0 aliphatic rings. The molecule has 0 fully saturated rings. The summed E-state index contributed by atoms with van der Waals surface area (Å²) in [5.41, 5.74) is 0.209. The first-order chi connectivity index (χ1) is 7.31. The molecule has 72 valence electrons. The Labute approximate surface area is 86.6 Å². The van der Waals surface area contributed by atoms with Crippen LogP contribution < -0.4 is 4.90 Å². The lowest BCUT2D eigenvalue weighted by atomic mass is 10.4. The highest BCUT2D eigenvalue weighted by molar-refractivity contribution is 5.36. The summed E-state index contributed by atoms with van der Waals surface area (Å²) in [6, 6.07) is 7.12. The number of nitrogens with zero attached hydrogens (tertiary/aromatic N) is 6. The van der Waals surface area contributed by atoms with Crippen LogP contribution in [0.15, 0.2) is 12.3 Å². The van der Waals surface area contributed by atoms with Gasteiger partial charge < -0.3 is 4.90 Å². The van der Waals surface area contributed by atoms with Crippen LogP contribution in [0.3, 0.4) is 0 Å². The first-order valence-electron chi connectivity index (χ1n) is 4.04. The molecule has 6 heteroatoms. The first-order valence-corrected chi connectivity index (χ1v) is 4.04. The smallest absolute Gasteiger partial charge is 0.228 e. The number of nitriles is 3. The van der Waals surface area contributed by atoms with Gasteiger partial charge in [-0.15, -0.1) is 0 Å². The number of hydrogen-bond acceptors (Lipinski definition) is 6. The third kappa shape index (κ3) is 2.65. The normalized spacial score (nSPS) is 8.33. The second kappa shape index (κ2) is 5.16. The Hall–Kier alpha value is -2.65. The third-order valence-electron chi connectivity index (χ3n) is 1.56. The van der Waals surface area contributed by atoms with Crippen molar-refractivity contribution in [1.82, 2.24) is 9.97 Å². The standard InChI is InChI=1S/C9H6N6/c10-2-5-15(6-3-11)9-13-4-1-8(7-12)14-9/h1,4H,5-6H2. The molecule has 0 unspecified atom stereocenters. The molecule has 1 aromatic heterocycles. The summed E-state index contributed by atoms with van der Waals surface area (Å²) in [6.07, 6.45) is 1.42. The lowest BCUT2D eigenvalue weighted by Gasteiger charge is -2.14. The van der Waals surface area contributed by atoms with Gasteiger partial charge in [-0.2, -0.15) is 15.8 Å². The Bertz CT molecular complexity index is 445. The molecular formula is C9H6N6. The van der Waals surface area contributed by atoms with Gasteiger partial charge in [0, 0.05) is 6.20 Å². The molecule has 15 heavy (non-hydrogen) atoms. The van der Waals surface area contributed by atoms with Gasteiger partial charge in [0.05, 0.1) is 12.1 Å². The predicted molar refractivity (Wildman–Crippen MR) is 50.2 cm³/mol. The van der Waals surface area contributed by atoms with E-state index in [1.807, 2.05) is 18.2 Å². The quantitative estimate of drug-likeness (QED) is 0.643. The molecule has 0 aliphatic carbocycles. The summed E-state index contributed by atoms with van der Waals surface area (Å²) in [4.78, 5) is 9.16. The van der Waals surface area contributed by atoms with E-state index in [0.29, 0.717) is 0 Å². The summed E-state index contributed by atoms with van der Waals surface area (Å²) in [7, 11) is 0. The summed E-state index contributed by atoms with van der Waals surface area (Å²) in [5, 5.41) is 25.7. The zero-order valence-electron chi connectivity index (χ0n) is 7.75. The molecule has 1 aromatic rings.